The number of amides is 2. The number of H-pyrrole nitrogens is 1. The van der Waals surface area contributed by atoms with Crippen molar-refractivity contribution in [1.29, 1.82) is 0 Å². The number of rotatable bonds is 7. The number of hydrogen-bond donors (Lipinski definition) is 2. The zero-order valence-electron chi connectivity index (χ0n) is 23.7. The minimum absolute atomic E-state index is 0.0911. The van der Waals surface area contributed by atoms with E-state index in [4.69, 9.17) is 5.73 Å². The molecule has 0 bridgehead atoms. The van der Waals surface area contributed by atoms with Crippen LogP contribution < -0.4 is 5.73 Å². The Labute approximate surface area is 238 Å². The molecule has 0 fully saturated rings. The summed E-state index contributed by atoms with van der Waals surface area (Å²) in [4.78, 5) is 28.9. The lowest BCUT2D eigenvalue weighted by Gasteiger charge is -2.36. The summed E-state index contributed by atoms with van der Waals surface area (Å²) in [7, 11) is 6.91. The Morgan fingerprint density at radius 3 is 1.90 bits per heavy atom. The van der Waals surface area contributed by atoms with Gasteiger partial charge in [-0.2, -0.15) is 5.21 Å². The molecule has 0 saturated carbocycles. The highest BCUT2D eigenvalue weighted by Gasteiger charge is 2.46. The van der Waals surface area contributed by atoms with Crippen LogP contribution in [0, 0.1) is 5.82 Å². The van der Waals surface area contributed by atoms with Gasteiger partial charge in [-0.1, -0.05) is 29.5 Å². The monoisotopic (exact) mass is 555 g/mol. The molecule has 0 radical (unpaired) electrons. The van der Waals surface area contributed by atoms with Gasteiger partial charge < -0.3 is 15.5 Å². The van der Waals surface area contributed by atoms with Gasteiger partial charge in [-0.3, -0.25) is 9.59 Å². The molecule has 10 heteroatoms. The van der Waals surface area contributed by atoms with Crippen LogP contribution in [0.2, 0.25) is 0 Å². The van der Waals surface area contributed by atoms with E-state index in [2.05, 4.69) is 20.6 Å². The topological polar surface area (TPSA) is 121 Å². The fourth-order valence-corrected chi connectivity index (χ4v) is 5.91. The van der Waals surface area contributed by atoms with Crippen molar-refractivity contribution < 1.29 is 14.0 Å². The van der Waals surface area contributed by atoms with E-state index in [9.17, 15) is 14.0 Å². The zero-order valence-corrected chi connectivity index (χ0v) is 23.7. The molecule has 3 aromatic carbocycles. The number of fused-ring (bicyclic) bond motifs is 2. The van der Waals surface area contributed by atoms with Crippen LogP contribution in [0.25, 0.3) is 0 Å². The number of benzene rings is 3. The summed E-state index contributed by atoms with van der Waals surface area (Å²) >= 11 is 0. The molecule has 2 amide bonds. The van der Waals surface area contributed by atoms with E-state index in [-0.39, 0.29) is 23.7 Å². The van der Waals surface area contributed by atoms with Crippen molar-refractivity contribution >= 4 is 11.8 Å². The maximum absolute atomic E-state index is 13.6. The molecular weight excluding hydrogens is 521 g/mol. The van der Waals surface area contributed by atoms with Crippen molar-refractivity contribution in [3.8, 4) is 0 Å². The maximum Gasteiger partial charge on any atom is 0.253 e. The number of carbonyl (C=O) groups excluding carboxylic acids is 2. The van der Waals surface area contributed by atoms with Crippen molar-refractivity contribution in [2.45, 2.75) is 37.1 Å². The Balaban J connectivity index is 1.71. The van der Waals surface area contributed by atoms with Gasteiger partial charge in [0.1, 0.15) is 5.82 Å². The summed E-state index contributed by atoms with van der Waals surface area (Å²) in [6, 6.07) is 17.5. The summed E-state index contributed by atoms with van der Waals surface area (Å²) in [5.41, 5.74) is 11.9. The van der Waals surface area contributed by atoms with Gasteiger partial charge in [0.25, 0.3) is 11.8 Å². The number of nitrogens with two attached hydrogens (primary N) is 1. The van der Waals surface area contributed by atoms with Crippen LogP contribution in [-0.2, 0) is 24.7 Å². The number of halogens is 1. The van der Waals surface area contributed by atoms with E-state index in [0.29, 0.717) is 42.6 Å². The lowest BCUT2D eigenvalue weighted by atomic mass is 9.67. The van der Waals surface area contributed by atoms with Crippen molar-refractivity contribution in [3.05, 3.63) is 111 Å². The van der Waals surface area contributed by atoms with Crippen molar-refractivity contribution in [2.75, 3.05) is 28.2 Å². The van der Waals surface area contributed by atoms with Gasteiger partial charge in [0.2, 0.25) is 0 Å². The average molecular weight is 556 g/mol. The number of carbonyl (C=O) groups is 2. The van der Waals surface area contributed by atoms with Gasteiger partial charge in [0, 0.05) is 45.4 Å². The Morgan fingerprint density at radius 1 is 0.902 bits per heavy atom. The Morgan fingerprint density at radius 2 is 1.44 bits per heavy atom. The quantitative estimate of drug-likeness (QED) is 0.362. The maximum atomic E-state index is 13.6. The smallest absolute Gasteiger partial charge is 0.253 e. The second-order valence-corrected chi connectivity index (χ2v) is 11.1. The number of nitrogens with zero attached hydrogens (tertiary/aromatic N) is 5. The van der Waals surface area contributed by atoms with Crippen molar-refractivity contribution in [3.63, 3.8) is 0 Å². The van der Waals surface area contributed by atoms with Gasteiger partial charge >= 0.3 is 0 Å². The predicted octanol–water partition coefficient (Wildman–Crippen LogP) is 3.14. The van der Waals surface area contributed by atoms with Crippen molar-refractivity contribution in [2.24, 2.45) is 5.73 Å². The highest BCUT2D eigenvalue weighted by atomic mass is 19.1. The third kappa shape index (κ3) is 5.35. The second-order valence-electron chi connectivity index (χ2n) is 11.1. The average Bonchev–Trinajstić information content (AvgIpc) is 3.46. The van der Waals surface area contributed by atoms with Crippen LogP contribution in [0.4, 0.5) is 4.39 Å². The van der Waals surface area contributed by atoms with E-state index >= 15 is 0 Å². The van der Waals surface area contributed by atoms with E-state index < -0.39 is 5.41 Å². The number of aryl methyl sites for hydroxylation is 2. The molecule has 1 aromatic heterocycles. The lowest BCUT2D eigenvalue weighted by Crippen LogP contribution is -2.40. The number of tetrazole rings is 1. The van der Waals surface area contributed by atoms with Crippen LogP contribution in [0.15, 0.2) is 60.7 Å². The first kappa shape index (κ1) is 28.1. The largest absolute Gasteiger partial charge is 0.345 e. The summed E-state index contributed by atoms with van der Waals surface area (Å²) in [5.74, 6) is -0.0311. The first-order valence-electron chi connectivity index (χ1n) is 13.5. The standard InChI is InChI=1S/C31H34FN7O2/c1-38(2)28(40)22-9-13-26-20(16-22)7-8-21-17-23(29(41)39(3)4)10-14-27(21)31(26,30-34-36-37-35-30)18-25(33)15-19-5-11-24(32)12-6-19/h5-6,9-14,16-17,25H,7-8,15,18,33H2,1-4H3,(H,34,35,36,37)/t25-/m0/s1. The minimum atomic E-state index is -0.924. The molecule has 1 heterocycles. The first-order valence-corrected chi connectivity index (χ1v) is 13.5. The normalized spacial score (nSPS) is 14.4. The molecule has 3 N–H and O–H groups in total. The van der Waals surface area contributed by atoms with Gasteiger partial charge in [0.05, 0.1) is 5.41 Å². The molecular formula is C31H34FN7O2. The SMILES string of the molecule is CN(C)C(=O)c1ccc2c(c1)CCc1cc(C(=O)N(C)C)ccc1C2(C[C@@H](N)Cc1ccc(F)cc1)c1nn[nH]n1. The number of aromatic nitrogens is 4. The summed E-state index contributed by atoms with van der Waals surface area (Å²) in [6.45, 7) is 0. The fraction of sp³-hybridized carbons (Fsp3) is 0.323. The van der Waals surface area contributed by atoms with Gasteiger partial charge in [-0.05, 0) is 89.9 Å². The molecule has 212 valence electrons. The molecule has 9 nitrogen and oxygen atoms in total. The van der Waals surface area contributed by atoms with E-state index in [1.165, 1.54) is 12.1 Å². The van der Waals surface area contributed by atoms with Crippen LogP contribution >= 0.6 is 0 Å². The number of aromatic amines is 1. The molecule has 0 aliphatic heterocycles. The molecule has 5 rings (SSSR count). The molecule has 0 unspecified atom stereocenters. The molecule has 0 spiro atoms. The Bertz CT molecular complexity index is 1490. The van der Waals surface area contributed by atoms with Gasteiger partial charge in [0.15, 0.2) is 5.82 Å². The zero-order chi connectivity index (χ0) is 29.3. The predicted molar refractivity (Wildman–Crippen MR) is 153 cm³/mol. The summed E-state index contributed by atoms with van der Waals surface area (Å²) in [5, 5.41) is 15.5. The van der Waals surface area contributed by atoms with Gasteiger partial charge in [-0.15, -0.1) is 10.2 Å². The second kappa shape index (κ2) is 11.2. The highest BCUT2D eigenvalue weighted by molar-refractivity contribution is 5.95. The molecule has 41 heavy (non-hydrogen) atoms. The fourth-order valence-electron chi connectivity index (χ4n) is 5.91. The molecule has 1 atom stereocenters. The first-order chi connectivity index (χ1) is 19.6. The van der Waals surface area contributed by atoms with Crippen LogP contribution in [-0.4, -0.2) is 76.5 Å². The minimum Gasteiger partial charge on any atom is -0.345 e. The lowest BCUT2D eigenvalue weighted by molar-refractivity contribution is 0.0820. The van der Waals surface area contributed by atoms with Crippen LogP contribution in [0.5, 0.6) is 0 Å². The summed E-state index contributed by atoms with van der Waals surface area (Å²) in [6.07, 6.45) is 2.19. The highest BCUT2D eigenvalue weighted by Crippen LogP contribution is 2.47. The van der Waals surface area contributed by atoms with E-state index in [1.807, 2.05) is 36.4 Å². The van der Waals surface area contributed by atoms with Crippen molar-refractivity contribution in [1.82, 2.24) is 30.4 Å². The molecule has 1 aliphatic rings. The molecule has 1 aliphatic carbocycles. The third-order valence-corrected chi connectivity index (χ3v) is 7.81. The van der Waals surface area contributed by atoms with Crippen LogP contribution in [0.3, 0.4) is 0 Å². The third-order valence-electron chi connectivity index (χ3n) is 7.81. The van der Waals surface area contributed by atoms with E-state index in [0.717, 1.165) is 27.8 Å². The Hall–Kier alpha value is -4.44. The van der Waals surface area contributed by atoms with Crippen LogP contribution in [0.1, 0.15) is 60.8 Å². The number of hydrogen-bond acceptors (Lipinski definition) is 6. The molecule has 4 aromatic rings. The number of nitrogens with one attached hydrogen (secondary N) is 1. The molecule has 0 saturated heterocycles. The Kier molecular flexibility index (Phi) is 7.68. The van der Waals surface area contributed by atoms with Gasteiger partial charge in [-0.25, -0.2) is 4.39 Å². The summed E-state index contributed by atoms with van der Waals surface area (Å²) < 4.78 is 13.6. The van der Waals surface area contributed by atoms with E-state index in [1.54, 1.807) is 50.1 Å².